The number of aliphatic hydroxyl groups is 1. The van der Waals surface area contributed by atoms with E-state index in [9.17, 15) is 37.0 Å². The molecule has 4 rings (SSSR count). The molecule has 0 radical (unpaired) electrons. The molecule has 13 heteroatoms. The van der Waals surface area contributed by atoms with Gasteiger partial charge in [-0.2, -0.15) is 10.6 Å². The second-order valence-corrected chi connectivity index (χ2v) is 12.7. The van der Waals surface area contributed by atoms with Crippen LogP contribution < -0.4 is 10.1 Å². The Bertz CT molecular complexity index is 1240. The number of hydrogen-bond donors (Lipinski definition) is 4. The first kappa shape index (κ1) is 30.1. The van der Waals surface area contributed by atoms with Gasteiger partial charge in [0.2, 0.25) is 11.8 Å². The van der Waals surface area contributed by atoms with Crippen LogP contribution in [-0.2, 0) is 16.0 Å². The number of hydrogen-bond acceptors (Lipinski definition) is 7. The van der Waals surface area contributed by atoms with Crippen LogP contribution in [0.25, 0.3) is 0 Å². The van der Waals surface area contributed by atoms with Crippen LogP contribution in [0.15, 0.2) is 47.4 Å². The van der Waals surface area contributed by atoms with Crippen LogP contribution in [0.2, 0.25) is 0 Å². The summed E-state index contributed by atoms with van der Waals surface area (Å²) >= 11 is 0. The molecule has 220 valence electrons. The van der Waals surface area contributed by atoms with Crippen LogP contribution in [-0.4, -0.2) is 80.2 Å². The maximum Gasteiger partial charge on any atom is 0.573 e. The van der Waals surface area contributed by atoms with E-state index in [0.717, 1.165) is 0 Å². The zero-order chi connectivity index (χ0) is 29.2. The minimum Gasteiger partial charge on any atom is -0.406 e. The number of halogens is 3. The zero-order valence-corrected chi connectivity index (χ0v) is 23.0. The summed E-state index contributed by atoms with van der Waals surface area (Å²) in [5.74, 6) is -1.62. The van der Waals surface area contributed by atoms with E-state index in [0.29, 0.717) is 43.7 Å². The van der Waals surface area contributed by atoms with E-state index in [1.54, 1.807) is 17.0 Å². The lowest BCUT2D eigenvalue weighted by Gasteiger charge is -2.37. The molecule has 1 saturated heterocycles. The SMILES string of the molecule is CC(C)CN(C(=O)Cc1ccc2c(c1)NC(=O)CS2(O)O)[C@H](CN1CCC(O)C1)c1cccc(OC(F)(F)F)c1. The number of anilines is 1. The quantitative estimate of drug-likeness (QED) is 0.342. The van der Waals surface area contributed by atoms with Crippen LogP contribution in [0, 0.1) is 5.92 Å². The normalized spacial score (nSPS) is 20.5. The molecule has 0 bridgehead atoms. The first-order valence-electron chi connectivity index (χ1n) is 12.9. The van der Waals surface area contributed by atoms with Gasteiger partial charge in [0.25, 0.3) is 0 Å². The Hall–Kier alpha value is -2.84. The Labute approximate surface area is 232 Å². The average molecular weight is 586 g/mol. The molecule has 2 amide bonds. The smallest absolute Gasteiger partial charge is 0.406 e. The number of likely N-dealkylation sites (tertiary alicyclic amines) is 1. The number of aliphatic hydroxyl groups excluding tert-OH is 1. The molecular weight excluding hydrogens is 551 g/mol. The molecule has 2 aliphatic rings. The third kappa shape index (κ3) is 7.67. The summed E-state index contributed by atoms with van der Waals surface area (Å²) in [5.41, 5.74) is 1.22. The van der Waals surface area contributed by atoms with Crippen molar-refractivity contribution in [1.29, 1.82) is 0 Å². The molecule has 0 aliphatic carbocycles. The van der Waals surface area contributed by atoms with Gasteiger partial charge in [0.1, 0.15) is 11.5 Å². The number of ether oxygens (including phenoxy) is 1. The number of carbonyl (C=O) groups is 2. The standard InChI is InChI=1S/C27H34F3N3O6S/c1-17(2)13-33(26(36)11-18-6-7-24-22(10-18)31-25(35)16-40(24,37)38)23(15-32-9-8-20(34)14-32)19-4-3-5-21(12-19)39-27(28,29)30/h3-7,10,12,17,20,23,34,37-38H,8-9,11,13-16H2,1-2H3,(H,31,35)/t20?,23-/m1/s1. The molecule has 1 fully saturated rings. The van der Waals surface area contributed by atoms with Crippen molar-refractivity contribution in [3.8, 4) is 5.75 Å². The van der Waals surface area contributed by atoms with Crippen molar-refractivity contribution < 1.29 is 41.7 Å². The summed E-state index contributed by atoms with van der Waals surface area (Å²) in [4.78, 5) is 29.6. The second kappa shape index (κ2) is 12.0. The number of β-amino-alcohol motifs (C(OH)–C–C–N with tert-alkyl or cyclic N) is 1. The lowest BCUT2D eigenvalue weighted by Crippen LogP contribution is -2.43. The van der Waals surface area contributed by atoms with E-state index in [4.69, 9.17) is 0 Å². The molecule has 0 spiro atoms. The minimum atomic E-state index is -4.87. The van der Waals surface area contributed by atoms with Crippen molar-refractivity contribution in [3.63, 3.8) is 0 Å². The molecule has 40 heavy (non-hydrogen) atoms. The summed E-state index contributed by atoms with van der Waals surface area (Å²) in [6.45, 7) is 5.43. The largest absolute Gasteiger partial charge is 0.573 e. The molecule has 1 unspecified atom stereocenters. The highest BCUT2D eigenvalue weighted by molar-refractivity contribution is 8.25. The van der Waals surface area contributed by atoms with Crippen LogP contribution >= 0.6 is 10.6 Å². The van der Waals surface area contributed by atoms with Crippen molar-refractivity contribution in [2.45, 2.75) is 50.1 Å². The van der Waals surface area contributed by atoms with Gasteiger partial charge in [0.05, 0.1) is 29.1 Å². The molecule has 2 aromatic rings. The summed E-state index contributed by atoms with van der Waals surface area (Å²) < 4.78 is 63.6. The van der Waals surface area contributed by atoms with E-state index >= 15 is 0 Å². The maximum absolute atomic E-state index is 13.8. The number of amides is 2. The van der Waals surface area contributed by atoms with Gasteiger partial charge >= 0.3 is 6.36 Å². The Morgan fingerprint density at radius 2 is 1.98 bits per heavy atom. The molecule has 2 aliphatic heterocycles. The Morgan fingerprint density at radius 1 is 1.23 bits per heavy atom. The van der Waals surface area contributed by atoms with Gasteiger partial charge in [0, 0.05) is 26.2 Å². The van der Waals surface area contributed by atoms with Gasteiger partial charge in [-0.05, 0) is 47.7 Å². The molecule has 0 saturated carbocycles. The van der Waals surface area contributed by atoms with E-state index < -0.39 is 46.5 Å². The molecule has 0 aromatic heterocycles. The Morgan fingerprint density at radius 3 is 2.62 bits per heavy atom. The lowest BCUT2D eigenvalue weighted by atomic mass is 10.0. The summed E-state index contributed by atoms with van der Waals surface area (Å²) in [6.07, 6.45) is -4.92. The fraction of sp³-hybridized carbons (Fsp3) is 0.481. The third-order valence-corrected chi connectivity index (χ3v) is 8.50. The number of rotatable bonds is 9. The van der Waals surface area contributed by atoms with E-state index in [1.165, 1.54) is 30.3 Å². The first-order valence-corrected chi connectivity index (χ1v) is 14.7. The maximum atomic E-state index is 13.8. The minimum absolute atomic E-state index is 0.0287. The Kier molecular flexibility index (Phi) is 9.00. The predicted octanol–water partition coefficient (Wildman–Crippen LogP) is 4.48. The van der Waals surface area contributed by atoms with Crippen molar-refractivity contribution in [3.05, 3.63) is 53.6 Å². The highest BCUT2D eigenvalue weighted by atomic mass is 32.3. The molecule has 9 nitrogen and oxygen atoms in total. The van der Waals surface area contributed by atoms with Crippen LogP contribution in [0.3, 0.4) is 0 Å². The Balaban J connectivity index is 1.66. The van der Waals surface area contributed by atoms with Crippen molar-refractivity contribution in [2.75, 3.05) is 37.2 Å². The van der Waals surface area contributed by atoms with Gasteiger partial charge < -0.3 is 20.1 Å². The van der Waals surface area contributed by atoms with Gasteiger partial charge in [-0.25, -0.2) is 0 Å². The van der Waals surface area contributed by atoms with Crippen LogP contribution in [0.1, 0.15) is 37.4 Å². The van der Waals surface area contributed by atoms with Crippen LogP contribution in [0.5, 0.6) is 5.75 Å². The number of nitrogens with zero attached hydrogens (tertiary/aromatic N) is 2. The summed E-state index contributed by atoms with van der Waals surface area (Å²) in [5, 5.41) is 12.7. The summed E-state index contributed by atoms with van der Waals surface area (Å²) in [6, 6.07) is 9.57. The van der Waals surface area contributed by atoms with E-state index in [-0.39, 0.29) is 28.8 Å². The first-order chi connectivity index (χ1) is 18.7. The predicted molar refractivity (Wildman–Crippen MR) is 144 cm³/mol. The molecular formula is C27H34F3N3O6S. The summed E-state index contributed by atoms with van der Waals surface area (Å²) in [7, 11) is -3.28. The zero-order valence-electron chi connectivity index (χ0n) is 22.2. The molecule has 2 aromatic carbocycles. The molecule has 2 atom stereocenters. The third-order valence-electron chi connectivity index (χ3n) is 6.77. The van der Waals surface area contributed by atoms with Gasteiger partial charge in [-0.15, -0.1) is 13.2 Å². The van der Waals surface area contributed by atoms with Gasteiger partial charge in [-0.3, -0.25) is 23.6 Å². The fourth-order valence-electron chi connectivity index (χ4n) is 5.11. The van der Waals surface area contributed by atoms with Gasteiger partial charge in [0.15, 0.2) is 0 Å². The van der Waals surface area contributed by atoms with Crippen LogP contribution in [0.4, 0.5) is 18.9 Å². The van der Waals surface area contributed by atoms with E-state index in [1.807, 2.05) is 18.7 Å². The fourth-order valence-corrected chi connectivity index (χ4v) is 6.46. The average Bonchev–Trinajstić information content (AvgIpc) is 3.24. The molecule has 2 heterocycles. The number of alkyl halides is 3. The molecule has 4 N–H and O–H groups in total. The van der Waals surface area contributed by atoms with E-state index in [2.05, 4.69) is 10.1 Å². The second-order valence-electron chi connectivity index (χ2n) is 10.6. The van der Waals surface area contributed by atoms with Gasteiger partial charge in [-0.1, -0.05) is 32.0 Å². The highest BCUT2D eigenvalue weighted by Gasteiger charge is 2.34. The lowest BCUT2D eigenvalue weighted by molar-refractivity contribution is -0.274. The number of carbonyl (C=O) groups excluding carboxylic acids is 2. The number of fused-ring (bicyclic) bond motifs is 1. The monoisotopic (exact) mass is 585 g/mol. The number of benzene rings is 2. The van der Waals surface area contributed by atoms with Crippen molar-refractivity contribution in [2.24, 2.45) is 5.92 Å². The number of nitrogens with one attached hydrogen (secondary N) is 1. The highest BCUT2D eigenvalue weighted by Crippen LogP contribution is 2.53. The van der Waals surface area contributed by atoms with Crippen molar-refractivity contribution >= 4 is 28.1 Å². The topological polar surface area (TPSA) is 123 Å². The van der Waals surface area contributed by atoms with Crippen molar-refractivity contribution in [1.82, 2.24) is 9.80 Å².